The van der Waals surface area contributed by atoms with Gasteiger partial charge in [-0.3, -0.25) is 0 Å². The van der Waals surface area contributed by atoms with Crippen LogP contribution in [0.5, 0.6) is 0 Å². The molecule has 0 bridgehead atoms. The minimum Gasteiger partial charge on any atom is -0.317 e. The van der Waals surface area contributed by atoms with Gasteiger partial charge < -0.3 is 10.6 Å². The van der Waals surface area contributed by atoms with E-state index in [-0.39, 0.29) is 5.54 Å². The summed E-state index contributed by atoms with van der Waals surface area (Å²) < 4.78 is 0. The van der Waals surface area contributed by atoms with E-state index in [4.69, 9.17) is 0 Å². The molecule has 0 saturated heterocycles. The Morgan fingerprint density at radius 3 is 2.80 bits per heavy atom. The van der Waals surface area contributed by atoms with E-state index in [0.717, 1.165) is 31.1 Å². The van der Waals surface area contributed by atoms with Crippen LogP contribution >= 0.6 is 11.3 Å². The highest BCUT2D eigenvalue weighted by molar-refractivity contribution is 7.09. The largest absolute Gasteiger partial charge is 0.317 e. The Morgan fingerprint density at radius 2 is 2.20 bits per heavy atom. The van der Waals surface area contributed by atoms with Gasteiger partial charge in [0.2, 0.25) is 0 Å². The average Bonchev–Trinajstić information content (AvgIpc) is 2.70. The molecule has 0 saturated carbocycles. The van der Waals surface area contributed by atoms with Gasteiger partial charge in [-0.2, -0.15) is 0 Å². The number of hydrogen-bond acceptors (Lipinski definition) is 4. The fourth-order valence-corrected chi connectivity index (χ4v) is 2.14. The summed E-state index contributed by atoms with van der Waals surface area (Å²) in [5, 5.41) is 10.0. The van der Waals surface area contributed by atoms with Gasteiger partial charge in [0, 0.05) is 11.6 Å². The highest BCUT2D eigenvalue weighted by atomic mass is 32.1. The van der Waals surface area contributed by atoms with E-state index >= 15 is 0 Å². The molecule has 15 heavy (non-hydrogen) atoms. The fourth-order valence-electron chi connectivity index (χ4n) is 1.40. The Morgan fingerprint density at radius 1 is 1.40 bits per heavy atom. The zero-order valence-electron chi connectivity index (χ0n) is 9.84. The van der Waals surface area contributed by atoms with Crippen LogP contribution in [0.25, 0.3) is 0 Å². The van der Waals surface area contributed by atoms with Gasteiger partial charge >= 0.3 is 0 Å². The van der Waals surface area contributed by atoms with Crippen molar-refractivity contribution in [3.05, 3.63) is 16.6 Å². The molecule has 0 aliphatic heterocycles. The quantitative estimate of drug-likeness (QED) is 0.699. The van der Waals surface area contributed by atoms with Gasteiger partial charge in [-0.25, -0.2) is 4.98 Å². The highest BCUT2D eigenvalue weighted by Gasteiger charge is 2.21. The molecule has 4 heteroatoms. The maximum Gasteiger partial charge on any atom is 0.112 e. The third kappa shape index (κ3) is 4.28. The fraction of sp³-hybridized carbons (Fsp3) is 0.727. The molecule has 0 fully saturated rings. The van der Waals surface area contributed by atoms with Crippen molar-refractivity contribution in [1.29, 1.82) is 0 Å². The van der Waals surface area contributed by atoms with E-state index < -0.39 is 0 Å². The predicted molar refractivity (Wildman–Crippen MR) is 66.3 cm³/mol. The van der Waals surface area contributed by atoms with Crippen molar-refractivity contribution in [2.75, 3.05) is 19.6 Å². The van der Waals surface area contributed by atoms with E-state index in [9.17, 15) is 0 Å². The molecule has 3 nitrogen and oxygen atoms in total. The summed E-state index contributed by atoms with van der Waals surface area (Å²) in [6, 6.07) is 0. The van der Waals surface area contributed by atoms with Crippen molar-refractivity contribution in [3.8, 4) is 0 Å². The van der Waals surface area contributed by atoms with Crippen LogP contribution < -0.4 is 10.6 Å². The minimum absolute atomic E-state index is 0.000378. The van der Waals surface area contributed by atoms with E-state index in [1.165, 1.54) is 0 Å². The molecule has 1 aromatic rings. The van der Waals surface area contributed by atoms with Crippen molar-refractivity contribution in [1.82, 2.24) is 15.6 Å². The third-order valence-corrected chi connectivity index (χ3v) is 3.41. The first-order valence-electron chi connectivity index (χ1n) is 5.52. The van der Waals surface area contributed by atoms with Crippen molar-refractivity contribution < 1.29 is 0 Å². The number of thiazole rings is 1. The molecular formula is C11H21N3S. The second-order valence-electron chi connectivity index (χ2n) is 4.10. The molecule has 2 N–H and O–H groups in total. The van der Waals surface area contributed by atoms with Crippen LogP contribution in [-0.2, 0) is 5.54 Å². The third-order valence-electron chi connectivity index (χ3n) is 2.31. The molecule has 0 unspecified atom stereocenters. The Labute approximate surface area is 96.3 Å². The lowest BCUT2D eigenvalue weighted by Gasteiger charge is -2.23. The number of hydrogen-bond donors (Lipinski definition) is 2. The van der Waals surface area contributed by atoms with Gasteiger partial charge in [0.15, 0.2) is 0 Å². The first-order valence-corrected chi connectivity index (χ1v) is 6.40. The maximum absolute atomic E-state index is 4.34. The lowest BCUT2D eigenvalue weighted by Crippen LogP contribution is -2.37. The van der Waals surface area contributed by atoms with E-state index in [0.29, 0.717) is 0 Å². The molecule has 0 amide bonds. The Balaban J connectivity index is 2.25. The van der Waals surface area contributed by atoms with Gasteiger partial charge in [0.05, 0.1) is 5.54 Å². The second kappa shape index (κ2) is 6.20. The number of rotatable bonds is 7. The first kappa shape index (κ1) is 12.6. The van der Waals surface area contributed by atoms with Crippen molar-refractivity contribution in [2.24, 2.45) is 0 Å². The predicted octanol–water partition coefficient (Wildman–Crippen LogP) is 1.97. The summed E-state index contributed by atoms with van der Waals surface area (Å²) in [7, 11) is 0. The molecule has 1 heterocycles. The molecule has 0 aromatic carbocycles. The van der Waals surface area contributed by atoms with Crippen molar-refractivity contribution in [2.45, 2.75) is 32.7 Å². The number of nitrogens with zero attached hydrogens (tertiary/aromatic N) is 1. The number of aromatic nitrogens is 1. The van der Waals surface area contributed by atoms with Gasteiger partial charge in [-0.1, -0.05) is 6.92 Å². The SMILES string of the molecule is CCNCCCNC(C)(C)c1nccs1. The summed E-state index contributed by atoms with van der Waals surface area (Å²) in [5.74, 6) is 0. The van der Waals surface area contributed by atoms with Crippen molar-refractivity contribution in [3.63, 3.8) is 0 Å². The van der Waals surface area contributed by atoms with Crippen LogP contribution in [0.3, 0.4) is 0 Å². The summed E-state index contributed by atoms with van der Waals surface area (Å²) >= 11 is 1.71. The van der Waals surface area contributed by atoms with Crippen LogP contribution in [0.4, 0.5) is 0 Å². The van der Waals surface area contributed by atoms with E-state index in [2.05, 4.69) is 36.4 Å². The summed E-state index contributed by atoms with van der Waals surface area (Å²) in [5.41, 5.74) is 0.000378. The topological polar surface area (TPSA) is 37.0 Å². The van der Waals surface area contributed by atoms with Crippen LogP contribution in [0, 0.1) is 0 Å². The van der Waals surface area contributed by atoms with Crippen molar-refractivity contribution >= 4 is 11.3 Å². The molecule has 0 aliphatic carbocycles. The first-order chi connectivity index (χ1) is 7.17. The average molecular weight is 227 g/mol. The summed E-state index contributed by atoms with van der Waals surface area (Å²) in [4.78, 5) is 4.34. The van der Waals surface area contributed by atoms with Crippen LogP contribution in [0.15, 0.2) is 11.6 Å². The molecule has 0 radical (unpaired) electrons. The monoisotopic (exact) mass is 227 g/mol. The zero-order chi connectivity index (χ0) is 11.1. The van der Waals surface area contributed by atoms with E-state index in [1.807, 2.05) is 11.6 Å². The lowest BCUT2D eigenvalue weighted by molar-refractivity contribution is 0.396. The van der Waals surface area contributed by atoms with Gasteiger partial charge in [-0.05, 0) is 39.9 Å². The molecule has 86 valence electrons. The Bertz CT molecular complexity index is 257. The molecule has 0 atom stereocenters. The Hall–Kier alpha value is -0.450. The number of nitrogens with one attached hydrogen (secondary N) is 2. The minimum atomic E-state index is 0.000378. The second-order valence-corrected chi connectivity index (χ2v) is 4.99. The van der Waals surface area contributed by atoms with Gasteiger partial charge in [0.1, 0.15) is 5.01 Å². The van der Waals surface area contributed by atoms with Gasteiger partial charge in [-0.15, -0.1) is 11.3 Å². The molecule has 0 aliphatic rings. The molecular weight excluding hydrogens is 206 g/mol. The normalized spacial score (nSPS) is 11.9. The summed E-state index contributed by atoms with van der Waals surface area (Å²) in [6.07, 6.45) is 3.02. The molecule has 1 rings (SSSR count). The zero-order valence-corrected chi connectivity index (χ0v) is 10.7. The Kier molecular flexibility index (Phi) is 5.22. The molecule has 1 aromatic heterocycles. The van der Waals surface area contributed by atoms with Crippen LogP contribution in [0.1, 0.15) is 32.2 Å². The highest BCUT2D eigenvalue weighted by Crippen LogP contribution is 2.21. The summed E-state index contributed by atoms with van der Waals surface area (Å²) in [6.45, 7) is 9.65. The van der Waals surface area contributed by atoms with Gasteiger partial charge in [0.25, 0.3) is 0 Å². The van der Waals surface area contributed by atoms with Crippen LogP contribution in [-0.4, -0.2) is 24.6 Å². The van der Waals surface area contributed by atoms with Crippen LogP contribution in [0.2, 0.25) is 0 Å². The van der Waals surface area contributed by atoms with E-state index in [1.54, 1.807) is 11.3 Å². The molecule has 0 spiro atoms. The smallest absolute Gasteiger partial charge is 0.112 e. The maximum atomic E-state index is 4.34. The standard InChI is InChI=1S/C11H21N3S/c1-4-12-6-5-7-14-11(2,3)10-13-8-9-15-10/h8-9,12,14H,4-7H2,1-3H3. The lowest BCUT2D eigenvalue weighted by atomic mass is 10.1.